The van der Waals surface area contributed by atoms with E-state index in [0.717, 1.165) is 19.2 Å². The summed E-state index contributed by atoms with van der Waals surface area (Å²) < 4.78 is 43.6. The van der Waals surface area contributed by atoms with E-state index in [1.165, 1.54) is 12.1 Å². The minimum absolute atomic E-state index is 0.284. The molecule has 0 heterocycles. The number of rotatable bonds is 7. The van der Waals surface area contributed by atoms with Crippen molar-refractivity contribution >= 4 is 22.0 Å². The number of carbonyl (C=O) groups is 2. The number of halogens is 1. The minimum atomic E-state index is -4.35. The van der Waals surface area contributed by atoms with Crippen molar-refractivity contribution in [1.29, 1.82) is 0 Å². The molecule has 116 valence electrons. The number of hydrogen-bond donors (Lipinski definition) is 2. The van der Waals surface area contributed by atoms with Crippen LogP contribution < -0.4 is 4.72 Å². The van der Waals surface area contributed by atoms with Gasteiger partial charge in [0, 0.05) is 6.42 Å². The van der Waals surface area contributed by atoms with Gasteiger partial charge >= 0.3 is 11.9 Å². The van der Waals surface area contributed by atoms with Gasteiger partial charge in [-0.25, -0.2) is 12.8 Å². The van der Waals surface area contributed by atoms with Gasteiger partial charge in [0.25, 0.3) is 0 Å². The number of nitrogens with one attached hydrogen (secondary N) is 1. The highest BCUT2D eigenvalue weighted by Crippen LogP contribution is 2.14. The van der Waals surface area contributed by atoms with Crippen molar-refractivity contribution in [1.82, 2.24) is 4.72 Å². The topological polar surface area (TPSA) is 110 Å². The lowest BCUT2D eigenvalue weighted by Crippen LogP contribution is -2.41. The van der Waals surface area contributed by atoms with E-state index >= 15 is 0 Å². The Kier molecular flexibility index (Phi) is 5.79. The minimum Gasteiger partial charge on any atom is -0.480 e. The van der Waals surface area contributed by atoms with Crippen LogP contribution in [0.25, 0.3) is 0 Å². The maximum absolute atomic E-state index is 13.5. The van der Waals surface area contributed by atoms with Crippen LogP contribution in [0.15, 0.2) is 29.2 Å². The number of carbonyl (C=O) groups excluding carboxylic acids is 1. The first-order valence-corrected chi connectivity index (χ1v) is 7.32. The molecule has 21 heavy (non-hydrogen) atoms. The SMILES string of the molecule is COC(=O)CC[C@H](NS(=O)(=O)c1ccccc1F)C(=O)O. The Balaban J connectivity index is 2.90. The van der Waals surface area contributed by atoms with E-state index in [9.17, 15) is 22.4 Å². The van der Waals surface area contributed by atoms with Crippen LogP contribution in [0, 0.1) is 5.82 Å². The lowest BCUT2D eigenvalue weighted by atomic mass is 10.2. The third kappa shape index (κ3) is 4.80. The summed E-state index contributed by atoms with van der Waals surface area (Å²) in [6.07, 6.45) is -0.594. The lowest BCUT2D eigenvalue weighted by molar-refractivity contribution is -0.142. The van der Waals surface area contributed by atoms with Crippen molar-refractivity contribution in [3.05, 3.63) is 30.1 Å². The number of hydrogen-bond acceptors (Lipinski definition) is 5. The molecule has 9 heteroatoms. The van der Waals surface area contributed by atoms with Crippen LogP contribution in [-0.2, 0) is 24.3 Å². The molecular formula is C12H14FNO6S. The Labute approximate surface area is 120 Å². The summed E-state index contributed by atoms with van der Waals surface area (Å²) in [5, 5.41) is 8.97. The zero-order valence-electron chi connectivity index (χ0n) is 11.1. The second kappa shape index (κ2) is 7.14. The maximum Gasteiger partial charge on any atom is 0.321 e. The fourth-order valence-electron chi connectivity index (χ4n) is 1.51. The molecule has 1 rings (SSSR count). The van der Waals surface area contributed by atoms with Crippen molar-refractivity contribution < 1.29 is 32.2 Å². The van der Waals surface area contributed by atoms with Gasteiger partial charge in [0.2, 0.25) is 10.0 Å². The first kappa shape index (κ1) is 17.1. The van der Waals surface area contributed by atoms with Crippen molar-refractivity contribution in [3.8, 4) is 0 Å². The molecule has 0 unspecified atom stereocenters. The Hall–Kier alpha value is -2.00. The number of ether oxygens (including phenoxy) is 1. The monoisotopic (exact) mass is 319 g/mol. The Bertz CT molecular complexity index is 630. The molecule has 0 aromatic heterocycles. The van der Waals surface area contributed by atoms with Crippen LogP contribution in [0.1, 0.15) is 12.8 Å². The molecule has 0 radical (unpaired) electrons. The molecule has 1 aromatic carbocycles. The lowest BCUT2D eigenvalue weighted by Gasteiger charge is -2.14. The van der Waals surface area contributed by atoms with Crippen LogP contribution >= 0.6 is 0 Å². The van der Waals surface area contributed by atoms with Gasteiger partial charge < -0.3 is 9.84 Å². The van der Waals surface area contributed by atoms with Gasteiger partial charge in [-0.15, -0.1) is 0 Å². The smallest absolute Gasteiger partial charge is 0.321 e. The van der Waals surface area contributed by atoms with Gasteiger partial charge in [-0.1, -0.05) is 12.1 Å². The molecule has 0 fully saturated rings. The zero-order valence-corrected chi connectivity index (χ0v) is 11.9. The highest BCUT2D eigenvalue weighted by molar-refractivity contribution is 7.89. The zero-order chi connectivity index (χ0) is 16.0. The van der Waals surface area contributed by atoms with E-state index in [2.05, 4.69) is 4.74 Å². The van der Waals surface area contributed by atoms with Gasteiger partial charge in [0.15, 0.2) is 0 Å². The summed E-state index contributed by atoms with van der Waals surface area (Å²) in [6.45, 7) is 0. The number of carboxylic acid groups (broad SMARTS) is 1. The number of benzene rings is 1. The molecule has 0 bridgehead atoms. The fourth-order valence-corrected chi connectivity index (χ4v) is 2.81. The highest BCUT2D eigenvalue weighted by atomic mass is 32.2. The first-order valence-electron chi connectivity index (χ1n) is 5.84. The Morgan fingerprint density at radius 3 is 2.52 bits per heavy atom. The average Bonchev–Trinajstić information content (AvgIpc) is 2.42. The first-order chi connectivity index (χ1) is 9.77. The van der Waals surface area contributed by atoms with E-state index in [1.807, 2.05) is 4.72 Å². The largest absolute Gasteiger partial charge is 0.480 e. The summed E-state index contributed by atoms with van der Waals surface area (Å²) in [5.74, 6) is -3.15. The predicted octanol–water partition coefficient (Wildman–Crippen LogP) is 0.510. The van der Waals surface area contributed by atoms with Gasteiger partial charge in [-0.2, -0.15) is 4.72 Å². The summed E-state index contributed by atoms with van der Waals surface area (Å²) in [7, 11) is -3.22. The number of sulfonamides is 1. The number of esters is 1. The fraction of sp³-hybridized carbons (Fsp3) is 0.333. The molecule has 0 spiro atoms. The number of methoxy groups -OCH3 is 1. The standard InChI is InChI=1S/C12H14FNO6S/c1-20-11(15)7-6-9(12(16)17)14-21(18,19)10-5-3-2-4-8(10)13/h2-5,9,14H,6-7H2,1H3,(H,16,17)/t9-/m0/s1. The summed E-state index contributed by atoms with van der Waals surface area (Å²) >= 11 is 0. The predicted molar refractivity (Wildman–Crippen MR) is 69.4 cm³/mol. The summed E-state index contributed by atoms with van der Waals surface area (Å²) in [6, 6.07) is 3.01. The molecular weight excluding hydrogens is 305 g/mol. The Morgan fingerprint density at radius 1 is 1.38 bits per heavy atom. The van der Waals surface area contributed by atoms with Gasteiger partial charge in [0.1, 0.15) is 16.8 Å². The van der Waals surface area contributed by atoms with Crippen LogP contribution in [0.5, 0.6) is 0 Å². The van der Waals surface area contributed by atoms with Crippen LogP contribution in [-0.4, -0.2) is 38.6 Å². The van der Waals surface area contributed by atoms with Crippen LogP contribution in [0.2, 0.25) is 0 Å². The summed E-state index contributed by atoms with van der Waals surface area (Å²) in [5.41, 5.74) is 0. The molecule has 0 aliphatic rings. The van der Waals surface area contributed by atoms with E-state index in [1.54, 1.807) is 0 Å². The van der Waals surface area contributed by atoms with Crippen LogP contribution in [0.3, 0.4) is 0 Å². The normalized spacial score (nSPS) is 12.7. The molecule has 0 amide bonds. The molecule has 0 aliphatic heterocycles. The maximum atomic E-state index is 13.5. The highest BCUT2D eigenvalue weighted by Gasteiger charge is 2.27. The molecule has 0 saturated heterocycles. The number of aliphatic carboxylic acids is 1. The average molecular weight is 319 g/mol. The molecule has 2 N–H and O–H groups in total. The van der Waals surface area contributed by atoms with Crippen molar-refractivity contribution in [2.75, 3.05) is 7.11 Å². The van der Waals surface area contributed by atoms with E-state index in [0.29, 0.717) is 0 Å². The quantitative estimate of drug-likeness (QED) is 0.709. The number of carboxylic acids is 1. The molecule has 0 saturated carbocycles. The molecule has 7 nitrogen and oxygen atoms in total. The van der Waals surface area contributed by atoms with E-state index < -0.39 is 38.7 Å². The third-order valence-corrected chi connectivity index (χ3v) is 4.09. The Morgan fingerprint density at radius 2 is 2.00 bits per heavy atom. The van der Waals surface area contributed by atoms with E-state index in [4.69, 9.17) is 5.11 Å². The molecule has 0 aliphatic carbocycles. The van der Waals surface area contributed by atoms with Gasteiger partial charge in [-0.05, 0) is 18.6 Å². The van der Waals surface area contributed by atoms with Crippen molar-refractivity contribution in [2.24, 2.45) is 0 Å². The van der Waals surface area contributed by atoms with Gasteiger partial charge in [0.05, 0.1) is 7.11 Å². The van der Waals surface area contributed by atoms with E-state index in [-0.39, 0.29) is 12.8 Å². The third-order valence-electron chi connectivity index (χ3n) is 2.59. The molecule has 1 atom stereocenters. The second-order valence-electron chi connectivity index (χ2n) is 4.06. The summed E-state index contributed by atoms with van der Waals surface area (Å²) in [4.78, 5) is 21.3. The molecule has 1 aromatic rings. The second-order valence-corrected chi connectivity index (χ2v) is 5.74. The van der Waals surface area contributed by atoms with Crippen molar-refractivity contribution in [2.45, 2.75) is 23.8 Å². The van der Waals surface area contributed by atoms with Gasteiger partial charge in [-0.3, -0.25) is 9.59 Å². The van der Waals surface area contributed by atoms with Crippen LogP contribution in [0.4, 0.5) is 4.39 Å². The van der Waals surface area contributed by atoms with Crippen molar-refractivity contribution in [3.63, 3.8) is 0 Å².